The Morgan fingerprint density at radius 3 is 2.45 bits per heavy atom. The molecular weight excluding hydrogens is 295 g/mol. The van der Waals surface area contributed by atoms with Gasteiger partial charge in [0.15, 0.2) is 11.6 Å². The summed E-state index contributed by atoms with van der Waals surface area (Å²) in [5.41, 5.74) is 0.125. The zero-order valence-corrected chi connectivity index (χ0v) is 12.5. The van der Waals surface area contributed by atoms with Gasteiger partial charge in [-0.2, -0.15) is 0 Å². The second kappa shape index (κ2) is 8.42. The van der Waals surface area contributed by atoms with Gasteiger partial charge in [0.2, 0.25) is 0 Å². The van der Waals surface area contributed by atoms with Crippen molar-refractivity contribution < 1.29 is 29.1 Å². The van der Waals surface area contributed by atoms with Crippen LogP contribution in [0.5, 0.6) is 5.75 Å². The fraction of sp³-hybridized carbons (Fsp3) is 0.429. The lowest BCUT2D eigenvalue weighted by atomic mass is 10.1. The summed E-state index contributed by atoms with van der Waals surface area (Å²) < 4.78 is 18.4. The third-order valence-corrected chi connectivity index (χ3v) is 2.89. The van der Waals surface area contributed by atoms with E-state index in [1.54, 1.807) is 6.92 Å². The summed E-state index contributed by atoms with van der Waals surface area (Å²) in [6.07, 6.45) is 0.348. The van der Waals surface area contributed by atoms with Crippen molar-refractivity contribution in [2.75, 3.05) is 19.6 Å². The zero-order chi connectivity index (χ0) is 16.7. The summed E-state index contributed by atoms with van der Waals surface area (Å²) in [6.45, 7) is 3.59. The molecule has 0 aliphatic rings. The van der Waals surface area contributed by atoms with E-state index in [0.29, 0.717) is 19.5 Å². The smallest absolute Gasteiger partial charge is 0.308 e. The average molecular weight is 314 g/mol. The van der Waals surface area contributed by atoms with E-state index in [2.05, 4.69) is 4.74 Å². The van der Waals surface area contributed by atoms with Gasteiger partial charge in [0.25, 0.3) is 5.91 Å². The van der Waals surface area contributed by atoms with Gasteiger partial charge >= 0.3 is 5.97 Å². The molecule has 0 spiro atoms. The van der Waals surface area contributed by atoms with E-state index in [4.69, 9.17) is 10.4 Å². The minimum Gasteiger partial charge on any atom is -0.424 e. The molecule has 0 bridgehead atoms. The van der Waals surface area contributed by atoms with Crippen LogP contribution in [0.15, 0.2) is 18.2 Å². The van der Waals surface area contributed by atoms with Crippen molar-refractivity contribution in [3.63, 3.8) is 0 Å². The largest absolute Gasteiger partial charge is 0.424 e. The number of carbonyl (C=O) groups excluding carboxylic acids is 2. The molecule has 22 heavy (non-hydrogen) atoms. The Kier molecular flexibility index (Phi) is 6.90. The topological polar surface area (TPSA) is 90.3 Å². The van der Waals surface area contributed by atoms with Crippen molar-refractivity contribution in [3.8, 4) is 5.75 Å². The van der Waals surface area contributed by atoms with Crippen molar-refractivity contribution in [2.45, 2.75) is 20.3 Å². The highest BCUT2D eigenvalue weighted by atomic mass is 19.1. The van der Waals surface area contributed by atoms with E-state index < -0.39 is 17.7 Å². The minimum absolute atomic E-state index is 0.0104. The van der Waals surface area contributed by atoms with E-state index in [0.717, 1.165) is 13.0 Å². The SMILES string of the molecule is CCN(CCCN(O)O)C(=O)c1ccc(OC(C)=O)c(F)c1. The lowest BCUT2D eigenvalue weighted by Crippen LogP contribution is -2.33. The van der Waals surface area contributed by atoms with Crippen LogP contribution in [0.2, 0.25) is 0 Å². The van der Waals surface area contributed by atoms with E-state index in [9.17, 15) is 14.0 Å². The Morgan fingerprint density at radius 1 is 1.27 bits per heavy atom. The number of rotatable bonds is 7. The first-order chi connectivity index (χ1) is 10.3. The predicted molar refractivity (Wildman–Crippen MR) is 74.2 cm³/mol. The highest BCUT2D eigenvalue weighted by Crippen LogP contribution is 2.19. The van der Waals surface area contributed by atoms with Crippen LogP contribution in [0.4, 0.5) is 4.39 Å². The highest BCUT2D eigenvalue weighted by molar-refractivity contribution is 5.94. The molecule has 0 aromatic heterocycles. The van der Waals surface area contributed by atoms with Crippen molar-refractivity contribution in [2.24, 2.45) is 0 Å². The molecular formula is C14H19FN2O5. The first-order valence-corrected chi connectivity index (χ1v) is 6.77. The van der Waals surface area contributed by atoms with Gasteiger partial charge in [0.1, 0.15) is 0 Å². The molecule has 7 nitrogen and oxygen atoms in total. The van der Waals surface area contributed by atoms with Gasteiger partial charge < -0.3 is 9.64 Å². The normalized spacial score (nSPS) is 10.6. The van der Waals surface area contributed by atoms with Crippen LogP contribution in [-0.4, -0.2) is 52.1 Å². The van der Waals surface area contributed by atoms with Crippen LogP contribution < -0.4 is 4.74 Å². The number of ether oxygens (including phenoxy) is 1. The molecule has 1 rings (SSSR count). The van der Waals surface area contributed by atoms with Crippen molar-refractivity contribution in [1.29, 1.82) is 0 Å². The fourth-order valence-electron chi connectivity index (χ4n) is 1.86. The van der Waals surface area contributed by atoms with Crippen LogP contribution in [-0.2, 0) is 4.79 Å². The first-order valence-electron chi connectivity index (χ1n) is 6.77. The Morgan fingerprint density at radius 2 is 1.95 bits per heavy atom. The molecule has 0 saturated carbocycles. The lowest BCUT2D eigenvalue weighted by molar-refractivity contribution is -0.306. The van der Waals surface area contributed by atoms with Crippen LogP contribution in [0, 0.1) is 5.82 Å². The summed E-state index contributed by atoms with van der Waals surface area (Å²) in [6, 6.07) is 3.60. The molecule has 0 aliphatic carbocycles. The van der Waals surface area contributed by atoms with Crippen molar-refractivity contribution in [1.82, 2.24) is 10.1 Å². The van der Waals surface area contributed by atoms with Gasteiger partial charge in [-0.1, -0.05) is 5.23 Å². The standard InChI is InChI=1S/C14H19FN2O5/c1-3-16(7-4-8-17(20)21)14(19)11-5-6-13(12(15)9-11)22-10(2)18/h5-6,9,20-21H,3-4,7-8H2,1-2H3. The molecule has 0 radical (unpaired) electrons. The summed E-state index contributed by atoms with van der Waals surface area (Å²) in [7, 11) is 0. The lowest BCUT2D eigenvalue weighted by Gasteiger charge is -2.21. The molecule has 0 unspecified atom stereocenters. The molecule has 122 valence electrons. The maximum atomic E-state index is 13.8. The van der Waals surface area contributed by atoms with Crippen molar-refractivity contribution in [3.05, 3.63) is 29.6 Å². The third-order valence-electron chi connectivity index (χ3n) is 2.89. The number of amides is 1. The van der Waals surface area contributed by atoms with E-state index >= 15 is 0 Å². The Bertz CT molecular complexity index is 536. The number of hydrogen-bond donors (Lipinski definition) is 2. The molecule has 0 heterocycles. The van der Waals surface area contributed by atoms with Gasteiger partial charge in [-0.05, 0) is 31.5 Å². The molecule has 1 aromatic rings. The number of hydrogen-bond acceptors (Lipinski definition) is 6. The van der Waals surface area contributed by atoms with Crippen LogP contribution in [0.25, 0.3) is 0 Å². The maximum Gasteiger partial charge on any atom is 0.308 e. The second-order valence-corrected chi connectivity index (χ2v) is 4.57. The monoisotopic (exact) mass is 314 g/mol. The van der Waals surface area contributed by atoms with Crippen LogP contribution in [0.3, 0.4) is 0 Å². The number of hydroxylamine groups is 2. The highest BCUT2D eigenvalue weighted by Gasteiger charge is 2.17. The van der Waals surface area contributed by atoms with Crippen LogP contribution >= 0.6 is 0 Å². The molecule has 2 N–H and O–H groups in total. The zero-order valence-electron chi connectivity index (χ0n) is 12.5. The molecule has 0 atom stereocenters. The Labute approximate surface area is 127 Å². The van der Waals surface area contributed by atoms with Gasteiger partial charge in [-0.25, -0.2) is 4.39 Å². The van der Waals surface area contributed by atoms with E-state index in [1.165, 1.54) is 17.0 Å². The molecule has 0 saturated heterocycles. The Hall–Kier alpha value is -2.03. The second-order valence-electron chi connectivity index (χ2n) is 4.57. The Balaban J connectivity index is 2.78. The summed E-state index contributed by atoms with van der Waals surface area (Å²) in [5.74, 6) is -2.07. The van der Waals surface area contributed by atoms with E-state index in [-0.39, 0.29) is 23.1 Å². The molecule has 0 fully saturated rings. The predicted octanol–water partition coefficient (Wildman–Crippen LogP) is 1.68. The third kappa shape index (κ3) is 5.40. The average Bonchev–Trinajstić information content (AvgIpc) is 2.44. The van der Waals surface area contributed by atoms with Gasteiger partial charge in [-0.3, -0.25) is 20.0 Å². The number of carbonyl (C=O) groups is 2. The van der Waals surface area contributed by atoms with Crippen molar-refractivity contribution >= 4 is 11.9 Å². The summed E-state index contributed by atoms with van der Waals surface area (Å²) in [4.78, 5) is 24.5. The summed E-state index contributed by atoms with van der Waals surface area (Å²) in [5, 5.41) is 17.3. The van der Waals surface area contributed by atoms with E-state index in [1.807, 2.05) is 0 Å². The van der Waals surface area contributed by atoms with Crippen LogP contribution in [0.1, 0.15) is 30.6 Å². The minimum atomic E-state index is -0.797. The van der Waals surface area contributed by atoms with Gasteiger partial charge in [0, 0.05) is 25.6 Å². The number of benzene rings is 1. The van der Waals surface area contributed by atoms with Gasteiger partial charge in [0.05, 0.1) is 6.54 Å². The molecule has 1 aromatic carbocycles. The molecule has 8 heteroatoms. The quantitative estimate of drug-likeness (QED) is 0.452. The molecule has 1 amide bonds. The first kappa shape index (κ1) is 18.0. The van der Waals surface area contributed by atoms with Gasteiger partial charge in [-0.15, -0.1) is 0 Å². The number of nitrogens with zero attached hydrogens (tertiary/aromatic N) is 2. The molecule has 0 aliphatic heterocycles. The number of halogens is 1. The fourth-order valence-corrected chi connectivity index (χ4v) is 1.86. The maximum absolute atomic E-state index is 13.8. The number of esters is 1. The summed E-state index contributed by atoms with van der Waals surface area (Å²) >= 11 is 0.